The van der Waals surface area contributed by atoms with E-state index in [4.69, 9.17) is 4.74 Å². The van der Waals surface area contributed by atoms with Crippen LogP contribution < -0.4 is 4.74 Å². The van der Waals surface area contributed by atoms with Gasteiger partial charge in [-0.2, -0.15) is 12.8 Å². The van der Waals surface area contributed by atoms with Gasteiger partial charge in [0.2, 0.25) is 0 Å². The van der Waals surface area contributed by atoms with Gasteiger partial charge in [-0.05, 0) is 47.7 Å². The number of sulfonamides is 1. The first-order valence-corrected chi connectivity index (χ1v) is 8.50. The van der Waals surface area contributed by atoms with Crippen LogP contribution in [-0.4, -0.2) is 21.2 Å². The Morgan fingerprint density at radius 3 is 2.60 bits per heavy atom. The van der Waals surface area contributed by atoms with E-state index in [9.17, 15) is 8.42 Å². The van der Waals surface area contributed by atoms with Crippen molar-refractivity contribution in [3.8, 4) is 5.75 Å². The molecule has 1 heterocycles. The van der Waals surface area contributed by atoms with E-state index in [2.05, 4.69) is 4.40 Å². The first-order chi connectivity index (χ1) is 9.62. The lowest BCUT2D eigenvalue weighted by molar-refractivity contribution is 0.317. The molecule has 0 aliphatic rings. The molecule has 0 spiro atoms. The Balaban J connectivity index is 2.08. The lowest BCUT2D eigenvalue weighted by atomic mass is 10.2. The molecule has 0 aliphatic heterocycles. The number of rotatable bonds is 6. The Labute approximate surface area is 122 Å². The number of benzene rings is 1. The highest BCUT2D eigenvalue weighted by atomic mass is 32.2. The fraction of sp³-hybridized carbons (Fsp3) is 0.214. The highest BCUT2D eigenvalue weighted by molar-refractivity contribution is 7.92. The summed E-state index contributed by atoms with van der Waals surface area (Å²) in [4.78, 5) is 0. The van der Waals surface area contributed by atoms with E-state index in [1.165, 1.54) is 6.21 Å². The summed E-state index contributed by atoms with van der Waals surface area (Å²) < 4.78 is 33.1. The molecule has 0 atom stereocenters. The third kappa shape index (κ3) is 3.91. The quantitative estimate of drug-likeness (QED) is 0.769. The highest BCUT2D eigenvalue weighted by Gasteiger charge is 2.12. The summed E-state index contributed by atoms with van der Waals surface area (Å²) in [7, 11) is -3.58. The fourth-order valence-corrected chi connectivity index (χ4v) is 3.31. The molecule has 0 aliphatic carbocycles. The minimum Gasteiger partial charge on any atom is -0.494 e. The summed E-state index contributed by atoms with van der Waals surface area (Å²) in [5.41, 5.74) is 0.717. The summed E-state index contributed by atoms with van der Waals surface area (Å²) in [5.74, 6) is 0.769. The van der Waals surface area contributed by atoms with Gasteiger partial charge in [-0.3, -0.25) is 0 Å². The maximum absolute atomic E-state index is 11.9. The largest absolute Gasteiger partial charge is 0.494 e. The molecule has 106 valence electrons. The van der Waals surface area contributed by atoms with Crippen LogP contribution in [0, 0.1) is 0 Å². The molecule has 0 saturated heterocycles. The zero-order valence-electron chi connectivity index (χ0n) is 11.0. The van der Waals surface area contributed by atoms with Crippen LogP contribution in [0.15, 0.2) is 50.4 Å². The first kappa shape index (κ1) is 14.7. The van der Waals surface area contributed by atoms with E-state index in [-0.39, 0.29) is 4.21 Å². The Kier molecular flexibility index (Phi) is 4.92. The average molecular weight is 309 g/mol. The van der Waals surface area contributed by atoms with Crippen LogP contribution in [0.1, 0.15) is 18.9 Å². The molecule has 20 heavy (non-hydrogen) atoms. The molecule has 0 fully saturated rings. The number of nitrogens with zero attached hydrogens (tertiary/aromatic N) is 1. The Hall–Kier alpha value is -1.66. The number of ether oxygens (including phenoxy) is 1. The summed E-state index contributed by atoms with van der Waals surface area (Å²) in [6.07, 6.45) is 2.29. The minimum atomic E-state index is -3.58. The average Bonchev–Trinajstić information content (AvgIpc) is 2.99. The lowest BCUT2D eigenvalue weighted by Crippen LogP contribution is -1.96. The Morgan fingerprint density at radius 1 is 1.25 bits per heavy atom. The molecule has 1 aromatic carbocycles. The predicted octanol–water partition coefficient (Wildman–Crippen LogP) is 3.34. The van der Waals surface area contributed by atoms with Crippen molar-refractivity contribution >= 4 is 27.6 Å². The van der Waals surface area contributed by atoms with Gasteiger partial charge in [0.25, 0.3) is 10.0 Å². The van der Waals surface area contributed by atoms with Gasteiger partial charge in [-0.15, -0.1) is 11.3 Å². The smallest absolute Gasteiger partial charge is 0.291 e. The topological polar surface area (TPSA) is 55.7 Å². The molecule has 1 aromatic heterocycles. The first-order valence-electron chi connectivity index (χ1n) is 6.18. The normalized spacial score (nSPS) is 11.8. The molecule has 2 aromatic rings. The van der Waals surface area contributed by atoms with Crippen molar-refractivity contribution in [3.05, 3.63) is 47.3 Å². The molecule has 2 rings (SSSR count). The second kappa shape index (κ2) is 6.67. The SMILES string of the molecule is CCCOc1ccc(/C=N\S(=O)(=O)c2cccs2)cc1. The van der Waals surface area contributed by atoms with Crippen LogP contribution in [0.4, 0.5) is 0 Å². The fourth-order valence-electron chi connectivity index (χ4n) is 1.46. The van der Waals surface area contributed by atoms with Crippen molar-refractivity contribution in [3.63, 3.8) is 0 Å². The third-order valence-corrected chi connectivity index (χ3v) is 5.05. The molecule has 6 heteroatoms. The maximum atomic E-state index is 11.9. The number of thiophene rings is 1. The Morgan fingerprint density at radius 2 is 2.00 bits per heavy atom. The zero-order chi connectivity index (χ0) is 14.4. The summed E-state index contributed by atoms with van der Waals surface area (Å²) in [5, 5.41) is 1.71. The molecular weight excluding hydrogens is 294 g/mol. The van der Waals surface area contributed by atoms with Crippen LogP contribution in [0.25, 0.3) is 0 Å². The van der Waals surface area contributed by atoms with E-state index >= 15 is 0 Å². The van der Waals surface area contributed by atoms with Gasteiger partial charge in [0.15, 0.2) is 0 Å². The van der Waals surface area contributed by atoms with Crippen LogP contribution in [-0.2, 0) is 10.0 Å². The standard InChI is InChI=1S/C14H15NO3S2/c1-2-9-18-13-7-5-12(6-8-13)11-15-20(16,17)14-4-3-10-19-14/h3-8,10-11H,2,9H2,1H3/b15-11-. The molecule has 0 bridgehead atoms. The van der Waals surface area contributed by atoms with Gasteiger partial charge in [0.05, 0.1) is 6.61 Å². The number of hydrogen-bond acceptors (Lipinski definition) is 4. The van der Waals surface area contributed by atoms with E-state index in [1.54, 1.807) is 41.8 Å². The van der Waals surface area contributed by atoms with Crippen LogP contribution in [0.5, 0.6) is 5.75 Å². The van der Waals surface area contributed by atoms with Gasteiger partial charge in [0, 0.05) is 6.21 Å². The molecule has 0 N–H and O–H groups in total. The number of hydrogen-bond donors (Lipinski definition) is 0. The molecule has 0 radical (unpaired) electrons. The van der Waals surface area contributed by atoms with E-state index < -0.39 is 10.0 Å². The van der Waals surface area contributed by atoms with Gasteiger partial charge < -0.3 is 4.74 Å². The van der Waals surface area contributed by atoms with Crippen molar-refractivity contribution in [2.24, 2.45) is 4.40 Å². The summed E-state index contributed by atoms with van der Waals surface area (Å²) in [6, 6.07) is 10.4. The van der Waals surface area contributed by atoms with Gasteiger partial charge in [-0.25, -0.2) is 0 Å². The van der Waals surface area contributed by atoms with E-state index in [1.807, 2.05) is 6.92 Å². The zero-order valence-corrected chi connectivity index (χ0v) is 12.7. The second-order valence-corrected chi connectivity index (χ2v) is 6.87. The summed E-state index contributed by atoms with van der Waals surface area (Å²) in [6.45, 7) is 2.71. The molecular formula is C14H15NO3S2. The van der Waals surface area contributed by atoms with Crippen molar-refractivity contribution < 1.29 is 13.2 Å². The lowest BCUT2D eigenvalue weighted by Gasteiger charge is -2.03. The highest BCUT2D eigenvalue weighted by Crippen LogP contribution is 2.18. The van der Waals surface area contributed by atoms with Gasteiger partial charge >= 0.3 is 0 Å². The van der Waals surface area contributed by atoms with Gasteiger partial charge in [-0.1, -0.05) is 13.0 Å². The maximum Gasteiger partial charge on any atom is 0.291 e. The summed E-state index contributed by atoms with van der Waals surface area (Å²) >= 11 is 1.15. The predicted molar refractivity (Wildman–Crippen MR) is 81.3 cm³/mol. The minimum absolute atomic E-state index is 0.247. The van der Waals surface area contributed by atoms with Crippen LogP contribution in [0.2, 0.25) is 0 Å². The third-order valence-electron chi connectivity index (χ3n) is 2.44. The molecule has 0 unspecified atom stereocenters. The van der Waals surface area contributed by atoms with E-state index in [0.717, 1.165) is 23.5 Å². The second-order valence-electron chi connectivity index (χ2n) is 4.06. The van der Waals surface area contributed by atoms with Crippen molar-refractivity contribution in [2.45, 2.75) is 17.6 Å². The van der Waals surface area contributed by atoms with Crippen molar-refractivity contribution in [1.82, 2.24) is 0 Å². The van der Waals surface area contributed by atoms with Crippen molar-refractivity contribution in [1.29, 1.82) is 0 Å². The Bertz CT molecular complexity index is 659. The van der Waals surface area contributed by atoms with Crippen molar-refractivity contribution in [2.75, 3.05) is 6.61 Å². The monoisotopic (exact) mass is 309 g/mol. The molecule has 0 saturated carbocycles. The van der Waals surface area contributed by atoms with Crippen LogP contribution >= 0.6 is 11.3 Å². The van der Waals surface area contributed by atoms with Gasteiger partial charge in [0.1, 0.15) is 9.96 Å². The molecule has 0 amide bonds. The van der Waals surface area contributed by atoms with Crippen LogP contribution in [0.3, 0.4) is 0 Å². The molecule has 4 nitrogen and oxygen atoms in total. The van der Waals surface area contributed by atoms with E-state index in [0.29, 0.717) is 12.2 Å².